The van der Waals surface area contributed by atoms with Gasteiger partial charge < -0.3 is 5.11 Å². The average Bonchev–Trinajstić information content (AvgIpc) is 2.94. The van der Waals surface area contributed by atoms with Gasteiger partial charge in [0.15, 0.2) is 0 Å². The number of anilines is 2. The van der Waals surface area contributed by atoms with Gasteiger partial charge in [-0.25, -0.2) is 13.8 Å². The van der Waals surface area contributed by atoms with Crippen LogP contribution in [0.15, 0.2) is 48.0 Å². The van der Waals surface area contributed by atoms with Crippen molar-refractivity contribution in [1.82, 2.24) is 5.53 Å². The molecule has 0 fully saturated rings. The lowest BCUT2D eigenvalue weighted by atomic mass is 10.00. The highest BCUT2D eigenvalue weighted by Gasteiger charge is 2.38. The van der Waals surface area contributed by atoms with Crippen LogP contribution in [0.1, 0.15) is 17.5 Å². The van der Waals surface area contributed by atoms with Gasteiger partial charge in [0.1, 0.15) is 17.3 Å². The van der Waals surface area contributed by atoms with Crippen LogP contribution in [-0.2, 0) is 12.6 Å². The van der Waals surface area contributed by atoms with E-state index in [0.29, 0.717) is 5.70 Å². The number of rotatable bonds is 1. The SMILES string of the molecule is OC1=C2CCc3c(F)ccc(F)c3N2NN1c1ccc(C(F)(F)F)cc1. The smallest absolute Gasteiger partial charge is 0.416 e. The Hall–Kier alpha value is -2.81. The van der Waals surface area contributed by atoms with Crippen molar-refractivity contribution in [3.8, 4) is 0 Å². The zero-order valence-corrected chi connectivity index (χ0v) is 13.1. The molecule has 2 N–H and O–H groups in total. The molecule has 2 heterocycles. The predicted octanol–water partition coefficient (Wildman–Crippen LogP) is 4.40. The number of benzene rings is 2. The Labute approximate surface area is 144 Å². The summed E-state index contributed by atoms with van der Waals surface area (Å²) in [6.07, 6.45) is -4.05. The lowest BCUT2D eigenvalue weighted by Gasteiger charge is -2.29. The average molecular weight is 369 g/mol. The molecule has 0 amide bonds. The number of aliphatic hydroxyl groups is 1. The molecule has 0 bridgehead atoms. The molecule has 2 aromatic carbocycles. The first kappa shape index (κ1) is 16.6. The number of aliphatic hydroxyl groups excluding tert-OH is 1. The van der Waals surface area contributed by atoms with Gasteiger partial charge in [0.05, 0.1) is 16.9 Å². The second-order valence-electron chi connectivity index (χ2n) is 5.94. The van der Waals surface area contributed by atoms with Crippen molar-refractivity contribution in [3.05, 3.63) is 70.7 Å². The van der Waals surface area contributed by atoms with Crippen LogP contribution in [0.2, 0.25) is 0 Å². The molecule has 0 radical (unpaired) electrons. The number of alkyl halides is 3. The van der Waals surface area contributed by atoms with E-state index in [-0.39, 0.29) is 35.7 Å². The first-order valence-corrected chi connectivity index (χ1v) is 7.70. The Morgan fingerprint density at radius 2 is 1.54 bits per heavy atom. The van der Waals surface area contributed by atoms with Gasteiger partial charge in [0, 0.05) is 5.56 Å². The number of halogens is 5. The molecule has 0 aliphatic carbocycles. The molecular formula is C17H12F5N3O. The van der Waals surface area contributed by atoms with Crippen LogP contribution in [0.25, 0.3) is 0 Å². The maximum Gasteiger partial charge on any atom is 0.416 e. The van der Waals surface area contributed by atoms with Crippen molar-refractivity contribution in [1.29, 1.82) is 0 Å². The van der Waals surface area contributed by atoms with Crippen LogP contribution in [0.3, 0.4) is 0 Å². The van der Waals surface area contributed by atoms with E-state index in [1.807, 2.05) is 0 Å². The Morgan fingerprint density at radius 1 is 0.885 bits per heavy atom. The lowest BCUT2D eigenvalue weighted by Crippen LogP contribution is -2.43. The highest BCUT2D eigenvalue weighted by atomic mass is 19.4. The summed E-state index contributed by atoms with van der Waals surface area (Å²) in [5, 5.41) is 12.7. The fourth-order valence-corrected chi connectivity index (χ4v) is 3.13. The van der Waals surface area contributed by atoms with Crippen molar-refractivity contribution >= 4 is 11.4 Å². The molecular weight excluding hydrogens is 357 g/mol. The third-order valence-electron chi connectivity index (χ3n) is 4.40. The van der Waals surface area contributed by atoms with E-state index in [0.717, 1.165) is 29.3 Å². The second-order valence-corrected chi connectivity index (χ2v) is 5.94. The summed E-state index contributed by atoms with van der Waals surface area (Å²) in [6, 6.07) is 6.12. The number of hydrogen-bond donors (Lipinski definition) is 2. The number of allylic oxidation sites excluding steroid dienone is 1. The zero-order chi connectivity index (χ0) is 18.6. The molecule has 0 spiro atoms. The molecule has 136 valence electrons. The minimum Gasteiger partial charge on any atom is -0.492 e. The largest absolute Gasteiger partial charge is 0.492 e. The molecule has 0 saturated heterocycles. The monoisotopic (exact) mass is 369 g/mol. The summed E-state index contributed by atoms with van der Waals surface area (Å²) in [4.78, 5) is 0. The van der Waals surface area contributed by atoms with Crippen molar-refractivity contribution in [2.45, 2.75) is 19.0 Å². The third-order valence-corrected chi connectivity index (χ3v) is 4.40. The zero-order valence-electron chi connectivity index (χ0n) is 13.1. The quantitative estimate of drug-likeness (QED) is 0.731. The van der Waals surface area contributed by atoms with E-state index < -0.39 is 23.4 Å². The minimum absolute atomic E-state index is 0.0489. The van der Waals surface area contributed by atoms with Crippen LogP contribution in [0.5, 0.6) is 0 Å². The van der Waals surface area contributed by atoms with Crippen LogP contribution >= 0.6 is 0 Å². The van der Waals surface area contributed by atoms with Crippen molar-refractivity contribution in [3.63, 3.8) is 0 Å². The standard InChI is InChI=1S/C17H12F5N3O/c18-12-6-7-13(19)15-11(12)5-8-14-16(26)24(23-25(14)15)10-3-1-9(2-4-10)17(20,21)22/h1-4,6-7,23,26H,5,8H2. The van der Waals surface area contributed by atoms with Gasteiger partial charge in [-0.05, 0) is 49.2 Å². The molecule has 9 heteroatoms. The molecule has 4 nitrogen and oxygen atoms in total. The van der Waals surface area contributed by atoms with Gasteiger partial charge >= 0.3 is 6.18 Å². The molecule has 4 rings (SSSR count). The van der Waals surface area contributed by atoms with Crippen LogP contribution < -0.4 is 15.6 Å². The summed E-state index contributed by atoms with van der Waals surface area (Å²) in [5.41, 5.74) is 2.51. The molecule has 2 aromatic rings. The Morgan fingerprint density at radius 3 is 2.19 bits per heavy atom. The number of hydrazine groups is 2. The van der Waals surface area contributed by atoms with Crippen LogP contribution in [0, 0.1) is 11.6 Å². The minimum atomic E-state index is -4.48. The first-order valence-electron chi connectivity index (χ1n) is 7.70. The predicted molar refractivity (Wildman–Crippen MR) is 83.9 cm³/mol. The summed E-state index contributed by atoms with van der Waals surface area (Å²) in [5.74, 6) is -1.51. The number of hydrogen-bond acceptors (Lipinski definition) is 4. The van der Waals surface area contributed by atoms with Crippen LogP contribution in [-0.4, -0.2) is 5.11 Å². The second kappa shape index (κ2) is 5.60. The van der Waals surface area contributed by atoms with Gasteiger partial charge in [-0.3, -0.25) is 5.01 Å². The maximum atomic E-state index is 14.2. The molecule has 0 saturated carbocycles. The Balaban J connectivity index is 1.71. The van der Waals surface area contributed by atoms with E-state index in [9.17, 15) is 27.1 Å². The van der Waals surface area contributed by atoms with Crippen molar-refractivity contribution < 1.29 is 27.1 Å². The van der Waals surface area contributed by atoms with Crippen molar-refractivity contribution in [2.75, 3.05) is 10.0 Å². The Bertz CT molecular complexity index is 908. The molecule has 0 unspecified atom stereocenters. The topological polar surface area (TPSA) is 38.7 Å². The third kappa shape index (κ3) is 2.47. The number of nitrogens with zero attached hydrogens (tertiary/aromatic N) is 2. The Kier molecular flexibility index (Phi) is 3.58. The van der Waals surface area contributed by atoms with Crippen LogP contribution in [0.4, 0.5) is 33.3 Å². The number of fused-ring (bicyclic) bond motifs is 3. The van der Waals surface area contributed by atoms with E-state index in [1.165, 1.54) is 17.1 Å². The van der Waals surface area contributed by atoms with E-state index >= 15 is 0 Å². The molecule has 2 aliphatic rings. The highest BCUT2D eigenvalue weighted by Crippen LogP contribution is 2.40. The maximum absolute atomic E-state index is 14.2. The van der Waals surface area contributed by atoms with Crippen molar-refractivity contribution in [2.24, 2.45) is 0 Å². The molecule has 26 heavy (non-hydrogen) atoms. The van der Waals surface area contributed by atoms with E-state index in [2.05, 4.69) is 5.53 Å². The number of nitrogens with one attached hydrogen (secondary N) is 1. The molecule has 0 atom stereocenters. The van der Waals surface area contributed by atoms with E-state index in [1.54, 1.807) is 0 Å². The van der Waals surface area contributed by atoms with Gasteiger partial charge in [-0.1, -0.05) is 0 Å². The summed E-state index contributed by atoms with van der Waals surface area (Å²) >= 11 is 0. The van der Waals surface area contributed by atoms with Gasteiger partial charge in [0.2, 0.25) is 5.88 Å². The van der Waals surface area contributed by atoms with Gasteiger partial charge in [-0.15, -0.1) is 5.53 Å². The molecule has 0 aromatic heterocycles. The fourth-order valence-electron chi connectivity index (χ4n) is 3.13. The molecule has 2 aliphatic heterocycles. The summed E-state index contributed by atoms with van der Waals surface area (Å²) in [6.45, 7) is 0. The summed E-state index contributed by atoms with van der Waals surface area (Å²) in [7, 11) is 0. The first-order chi connectivity index (χ1) is 12.3. The van der Waals surface area contributed by atoms with Gasteiger partial charge in [0.25, 0.3) is 0 Å². The van der Waals surface area contributed by atoms with E-state index in [4.69, 9.17) is 0 Å². The fraction of sp³-hybridized carbons (Fsp3) is 0.176. The lowest BCUT2D eigenvalue weighted by molar-refractivity contribution is -0.137. The normalized spacial score (nSPS) is 16.8. The highest BCUT2D eigenvalue weighted by molar-refractivity contribution is 5.66. The van der Waals surface area contributed by atoms with Gasteiger partial charge in [-0.2, -0.15) is 13.2 Å². The summed E-state index contributed by atoms with van der Waals surface area (Å²) < 4.78 is 66.3.